The summed E-state index contributed by atoms with van der Waals surface area (Å²) in [5.74, 6) is 0.221. The third-order valence-electron chi connectivity index (χ3n) is 3.27. The van der Waals surface area contributed by atoms with Crippen molar-refractivity contribution in [1.82, 2.24) is 4.98 Å². The molecule has 1 aromatic heterocycles. The molecule has 0 aliphatic carbocycles. The molecule has 98 valence electrons. The summed E-state index contributed by atoms with van der Waals surface area (Å²) in [5.41, 5.74) is 3.03. The van der Waals surface area contributed by atoms with Crippen molar-refractivity contribution < 1.29 is 4.79 Å². The van der Waals surface area contributed by atoms with Crippen molar-refractivity contribution in [2.75, 3.05) is 23.8 Å². The molecule has 19 heavy (non-hydrogen) atoms. The first kappa shape index (κ1) is 12.2. The maximum Gasteiger partial charge on any atom is 0.227 e. The van der Waals surface area contributed by atoms with Crippen molar-refractivity contribution in [2.45, 2.75) is 12.8 Å². The van der Waals surface area contributed by atoms with Crippen LogP contribution in [0.5, 0.6) is 0 Å². The Balaban J connectivity index is 1.84. The predicted octanol–water partition coefficient (Wildman–Crippen LogP) is 2.98. The summed E-state index contributed by atoms with van der Waals surface area (Å²) in [6.45, 7) is 0.832. The number of anilines is 2. The third kappa shape index (κ3) is 2.33. The largest absolute Gasteiger partial charge is 0.365 e. The molecule has 0 unspecified atom stereocenters. The number of thiazole rings is 1. The molecule has 1 aromatic carbocycles. The average Bonchev–Trinajstić information content (AvgIpc) is 3.07. The van der Waals surface area contributed by atoms with Gasteiger partial charge in [-0.15, -0.1) is 11.3 Å². The highest BCUT2D eigenvalue weighted by Gasteiger charge is 2.21. The van der Waals surface area contributed by atoms with Crippen molar-refractivity contribution in [3.05, 3.63) is 29.6 Å². The van der Waals surface area contributed by atoms with Crippen LogP contribution < -0.4 is 10.2 Å². The molecule has 1 saturated heterocycles. The molecule has 0 radical (unpaired) electrons. The number of carbonyl (C=O) groups excluding carboxylic acids is 1. The first-order valence-electron chi connectivity index (χ1n) is 6.32. The first-order chi connectivity index (χ1) is 9.28. The number of hydrogen-bond acceptors (Lipinski definition) is 4. The van der Waals surface area contributed by atoms with Gasteiger partial charge in [0.2, 0.25) is 5.91 Å². The summed E-state index contributed by atoms with van der Waals surface area (Å²) in [4.78, 5) is 18.0. The van der Waals surface area contributed by atoms with E-state index in [0.717, 1.165) is 35.0 Å². The summed E-state index contributed by atoms with van der Waals surface area (Å²) in [6.07, 6.45) is 1.62. The van der Waals surface area contributed by atoms with Crippen molar-refractivity contribution in [3.63, 3.8) is 0 Å². The van der Waals surface area contributed by atoms with Crippen LogP contribution in [0.15, 0.2) is 29.6 Å². The van der Waals surface area contributed by atoms with E-state index < -0.39 is 0 Å². The highest BCUT2D eigenvalue weighted by Crippen LogP contribution is 2.28. The van der Waals surface area contributed by atoms with Crippen LogP contribution in [-0.4, -0.2) is 24.5 Å². The van der Waals surface area contributed by atoms with Crippen molar-refractivity contribution in [2.24, 2.45) is 0 Å². The molecule has 1 fully saturated rings. The molecule has 0 bridgehead atoms. The van der Waals surface area contributed by atoms with E-state index in [-0.39, 0.29) is 5.91 Å². The smallest absolute Gasteiger partial charge is 0.227 e. The maximum absolute atomic E-state index is 11.7. The van der Waals surface area contributed by atoms with Crippen LogP contribution in [0.4, 0.5) is 10.8 Å². The normalized spacial score (nSPS) is 15.0. The highest BCUT2D eigenvalue weighted by molar-refractivity contribution is 7.14. The second-order valence-electron chi connectivity index (χ2n) is 4.48. The molecule has 0 atom stereocenters. The standard InChI is InChI=1S/C14H15N3OS/c1-15-14-16-12(9-19-14)10-4-6-11(7-5-10)17-8-2-3-13(17)18/h4-7,9H,2-3,8H2,1H3,(H,15,16). The van der Waals surface area contributed by atoms with E-state index in [1.165, 1.54) is 0 Å². The second kappa shape index (κ2) is 5.01. The molecule has 1 aliphatic heterocycles. The van der Waals surface area contributed by atoms with Gasteiger partial charge in [-0.3, -0.25) is 4.79 Å². The Kier molecular flexibility index (Phi) is 3.21. The Bertz CT molecular complexity index is 591. The van der Waals surface area contributed by atoms with Crippen LogP contribution in [-0.2, 0) is 4.79 Å². The summed E-state index contributed by atoms with van der Waals surface area (Å²) in [5, 5.41) is 5.97. The number of rotatable bonds is 3. The lowest BCUT2D eigenvalue weighted by atomic mass is 10.1. The summed E-state index contributed by atoms with van der Waals surface area (Å²) >= 11 is 1.59. The molecular weight excluding hydrogens is 258 g/mol. The van der Waals surface area contributed by atoms with Crippen LogP contribution in [0.25, 0.3) is 11.3 Å². The van der Waals surface area contributed by atoms with Gasteiger partial charge in [0.1, 0.15) is 0 Å². The maximum atomic E-state index is 11.7. The highest BCUT2D eigenvalue weighted by atomic mass is 32.1. The van der Waals surface area contributed by atoms with E-state index >= 15 is 0 Å². The fraction of sp³-hybridized carbons (Fsp3) is 0.286. The van der Waals surface area contributed by atoms with Crippen molar-refractivity contribution >= 4 is 28.1 Å². The van der Waals surface area contributed by atoms with Crippen molar-refractivity contribution in [3.8, 4) is 11.3 Å². The Morgan fingerprint density at radius 3 is 2.68 bits per heavy atom. The monoisotopic (exact) mass is 273 g/mol. The number of amides is 1. The number of nitrogens with one attached hydrogen (secondary N) is 1. The quantitative estimate of drug-likeness (QED) is 0.935. The summed E-state index contributed by atoms with van der Waals surface area (Å²) in [6, 6.07) is 8.04. The van der Waals surface area contributed by atoms with Crippen LogP contribution in [0.3, 0.4) is 0 Å². The van der Waals surface area contributed by atoms with Crippen molar-refractivity contribution in [1.29, 1.82) is 0 Å². The van der Waals surface area contributed by atoms with Gasteiger partial charge in [0.25, 0.3) is 0 Å². The number of benzene rings is 1. The predicted molar refractivity (Wildman–Crippen MR) is 78.7 cm³/mol. The van der Waals surface area contributed by atoms with Gasteiger partial charge in [0.15, 0.2) is 5.13 Å². The Morgan fingerprint density at radius 2 is 2.11 bits per heavy atom. The van der Waals surface area contributed by atoms with Crippen LogP contribution in [0, 0.1) is 0 Å². The fourth-order valence-corrected chi connectivity index (χ4v) is 2.94. The molecule has 5 heteroatoms. The Hall–Kier alpha value is -1.88. The van der Waals surface area contributed by atoms with E-state index in [1.807, 2.05) is 41.6 Å². The lowest BCUT2D eigenvalue weighted by molar-refractivity contribution is -0.117. The number of carbonyl (C=O) groups is 1. The van der Waals surface area contributed by atoms with Gasteiger partial charge in [-0.2, -0.15) is 0 Å². The minimum Gasteiger partial charge on any atom is -0.365 e. The van der Waals surface area contributed by atoms with E-state index in [0.29, 0.717) is 6.42 Å². The van der Waals surface area contributed by atoms with Gasteiger partial charge in [-0.25, -0.2) is 4.98 Å². The molecule has 1 aliphatic rings. The minimum absolute atomic E-state index is 0.221. The molecule has 3 rings (SSSR count). The SMILES string of the molecule is CNc1nc(-c2ccc(N3CCCC3=O)cc2)cs1. The molecule has 1 amide bonds. The molecule has 2 aromatic rings. The number of nitrogens with zero attached hydrogens (tertiary/aromatic N) is 2. The zero-order valence-electron chi connectivity index (χ0n) is 10.7. The average molecular weight is 273 g/mol. The van der Waals surface area contributed by atoms with Crippen LogP contribution in [0.2, 0.25) is 0 Å². The summed E-state index contributed by atoms with van der Waals surface area (Å²) < 4.78 is 0. The topological polar surface area (TPSA) is 45.2 Å². The molecule has 0 spiro atoms. The third-order valence-corrected chi connectivity index (χ3v) is 4.13. The van der Waals surface area contributed by atoms with Gasteiger partial charge in [-0.1, -0.05) is 12.1 Å². The zero-order chi connectivity index (χ0) is 13.2. The Labute approximate surface area is 116 Å². The molecule has 2 heterocycles. The fourth-order valence-electron chi connectivity index (χ4n) is 2.25. The van der Waals surface area contributed by atoms with Gasteiger partial charge >= 0.3 is 0 Å². The molecular formula is C14H15N3OS. The molecule has 1 N–H and O–H groups in total. The van der Waals surface area contributed by atoms with Gasteiger partial charge in [-0.05, 0) is 18.6 Å². The lowest BCUT2D eigenvalue weighted by Gasteiger charge is -2.15. The number of aromatic nitrogens is 1. The van der Waals surface area contributed by atoms with Gasteiger partial charge in [0, 0.05) is 36.6 Å². The zero-order valence-corrected chi connectivity index (χ0v) is 11.5. The molecule has 4 nitrogen and oxygen atoms in total. The van der Waals surface area contributed by atoms with Gasteiger partial charge < -0.3 is 10.2 Å². The van der Waals surface area contributed by atoms with E-state index in [2.05, 4.69) is 10.3 Å². The van der Waals surface area contributed by atoms with Gasteiger partial charge in [0.05, 0.1) is 5.69 Å². The molecule has 0 saturated carbocycles. The van der Waals surface area contributed by atoms with E-state index in [1.54, 1.807) is 11.3 Å². The minimum atomic E-state index is 0.221. The van der Waals surface area contributed by atoms with Crippen LogP contribution >= 0.6 is 11.3 Å². The lowest BCUT2D eigenvalue weighted by Crippen LogP contribution is -2.23. The number of hydrogen-bond donors (Lipinski definition) is 1. The summed E-state index contributed by atoms with van der Waals surface area (Å²) in [7, 11) is 1.87. The van der Waals surface area contributed by atoms with Crippen LogP contribution in [0.1, 0.15) is 12.8 Å². The second-order valence-corrected chi connectivity index (χ2v) is 5.34. The van der Waals surface area contributed by atoms with E-state index in [9.17, 15) is 4.79 Å². The Morgan fingerprint density at radius 1 is 1.32 bits per heavy atom. The van der Waals surface area contributed by atoms with E-state index in [4.69, 9.17) is 0 Å². The first-order valence-corrected chi connectivity index (χ1v) is 7.20.